The van der Waals surface area contributed by atoms with Crippen molar-refractivity contribution in [2.45, 2.75) is 6.92 Å². The van der Waals surface area contributed by atoms with E-state index < -0.39 is 5.97 Å². The number of carboxylic acids is 1. The smallest absolute Gasteiger partial charge is 0.347 e. The lowest BCUT2D eigenvalue weighted by molar-refractivity contribution is 0.0701. The van der Waals surface area contributed by atoms with Gasteiger partial charge in [0.15, 0.2) is 11.5 Å². The minimum atomic E-state index is -0.946. The summed E-state index contributed by atoms with van der Waals surface area (Å²) in [5.74, 6) is 0.446. The number of ether oxygens (including phenoxy) is 2. The van der Waals surface area contributed by atoms with E-state index >= 15 is 0 Å². The van der Waals surface area contributed by atoms with Crippen LogP contribution in [0.2, 0.25) is 0 Å². The van der Waals surface area contributed by atoms with Crippen LogP contribution in [0.1, 0.15) is 15.4 Å². The van der Waals surface area contributed by atoms with Crippen LogP contribution >= 0.6 is 22.7 Å². The number of hydrogen-bond donors (Lipinski definition) is 1. The van der Waals surface area contributed by atoms with E-state index in [1.807, 2.05) is 5.38 Å². The molecule has 0 amide bonds. The summed E-state index contributed by atoms with van der Waals surface area (Å²) >= 11 is 2.62. The third-order valence-electron chi connectivity index (χ3n) is 2.49. The zero-order chi connectivity index (χ0) is 12.7. The Balaban J connectivity index is 2.07. The molecule has 18 heavy (non-hydrogen) atoms. The van der Waals surface area contributed by atoms with E-state index in [-0.39, 0.29) is 4.88 Å². The standard InChI is InChI=1S/C11H9NO4S2/c1-5-8(11(13)14)18-10(12-5)9-7-6(4-17-9)15-2-3-16-7/h4H,2-3H2,1H3,(H,13,14). The Bertz CT molecular complexity index is 617. The van der Waals surface area contributed by atoms with Crippen LogP contribution < -0.4 is 9.47 Å². The van der Waals surface area contributed by atoms with Crippen LogP contribution in [0.3, 0.4) is 0 Å². The summed E-state index contributed by atoms with van der Waals surface area (Å²) in [7, 11) is 0. The second kappa shape index (κ2) is 4.25. The van der Waals surface area contributed by atoms with Gasteiger partial charge in [0, 0.05) is 5.38 Å². The first-order chi connectivity index (χ1) is 8.66. The fourth-order valence-corrected chi connectivity index (χ4v) is 3.63. The van der Waals surface area contributed by atoms with E-state index in [0.717, 1.165) is 16.2 Å². The third-order valence-corrected chi connectivity index (χ3v) is 4.72. The molecule has 0 aliphatic carbocycles. The van der Waals surface area contributed by atoms with E-state index in [4.69, 9.17) is 14.6 Å². The first-order valence-electron chi connectivity index (χ1n) is 5.25. The SMILES string of the molecule is Cc1nc(-c2scc3c2OCCO3)sc1C(=O)O. The molecule has 1 N–H and O–H groups in total. The number of hydrogen-bond acceptors (Lipinski definition) is 6. The van der Waals surface area contributed by atoms with Gasteiger partial charge < -0.3 is 14.6 Å². The molecule has 3 heterocycles. The van der Waals surface area contributed by atoms with Gasteiger partial charge in [0.05, 0.1) is 5.69 Å². The van der Waals surface area contributed by atoms with Crippen LogP contribution in [-0.2, 0) is 0 Å². The number of carbonyl (C=O) groups is 1. The fourth-order valence-electron chi connectivity index (χ4n) is 1.70. The van der Waals surface area contributed by atoms with Crippen molar-refractivity contribution in [2.75, 3.05) is 13.2 Å². The molecule has 94 valence electrons. The number of thiazole rings is 1. The van der Waals surface area contributed by atoms with Gasteiger partial charge in [-0.15, -0.1) is 22.7 Å². The topological polar surface area (TPSA) is 68.7 Å². The summed E-state index contributed by atoms with van der Waals surface area (Å²) in [5.41, 5.74) is 0.529. The summed E-state index contributed by atoms with van der Waals surface area (Å²) in [6, 6.07) is 0. The Labute approximate surface area is 111 Å². The minimum Gasteiger partial charge on any atom is -0.485 e. The number of thiophene rings is 1. The average molecular weight is 283 g/mol. The van der Waals surface area contributed by atoms with Crippen LogP contribution in [0, 0.1) is 6.92 Å². The summed E-state index contributed by atoms with van der Waals surface area (Å²) in [6.45, 7) is 2.74. The molecule has 1 aliphatic heterocycles. The lowest BCUT2D eigenvalue weighted by atomic mass is 10.4. The van der Waals surface area contributed by atoms with Crippen molar-refractivity contribution in [3.05, 3.63) is 16.0 Å². The van der Waals surface area contributed by atoms with Crippen LogP contribution in [-0.4, -0.2) is 29.3 Å². The average Bonchev–Trinajstić information content (AvgIpc) is 2.92. The van der Waals surface area contributed by atoms with E-state index in [2.05, 4.69) is 4.98 Å². The highest BCUT2D eigenvalue weighted by atomic mass is 32.1. The van der Waals surface area contributed by atoms with Gasteiger partial charge in [-0.3, -0.25) is 0 Å². The number of aromatic carboxylic acids is 1. The predicted octanol–water partition coefficient (Wildman–Crippen LogP) is 2.65. The van der Waals surface area contributed by atoms with Crippen molar-refractivity contribution >= 4 is 28.6 Å². The molecular weight excluding hydrogens is 274 g/mol. The summed E-state index contributed by atoms with van der Waals surface area (Å²) in [5, 5.41) is 11.6. The third kappa shape index (κ3) is 1.75. The molecule has 1 aliphatic rings. The number of aromatic nitrogens is 1. The molecule has 2 aromatic heterocycles. The molecule has 0 atom stereocenters. The van der Waals surface area contributed by atoms with E-state index in [1.165, 1.54) is 11.3 Å². The number of carboxylic acid groups (broad SMARTS) is 1. The molecule has 0 radical (unpaired) electrons. The van der Waals surface area contributed by atoms with Gasteiger partial charge in [0.25, 0.3) is 0 Å². The van der Waals surface area contributed by atoms with Crippen molar-refractivity contribution in [2.24, 2.45) is 0 Å². The summed E-state index contributed by atoms with van der Waals surface area (Å²) < 4.78 is 11.0. The number of rotatable bonds is 2. The molecule has 0 saturated heterocycles. The molecule has 7 heteroatoms. The van der Waals surface area contributed by atoms with Gasteiger partial charge in [0.1, 0.15) is 28.0 Å². The first-order valence-corrected chi connectivity index (χ1v) is 6.94. The van der Waals surface area contributed by atoms with E-state index in [0.29, 0.717) is 35.4 Å². The molecule has 0 unspecified atom stereocenters. The Hall–Kier alpha value is -1.60. The van der Waals surface area contributed by atoms with E-state index in [1.54, 1.807) is 6.92 Å². The maximum Gasteiger partial charge on any atom is 0.347 e. The Morgan fingerprint density at radius 3 is 2.94 bits per heavy atom. The monoisotopic (exact) mass is 283 g/mol. The van der Waals surface area contributed by atoms with Crippen molar-refractivity contribution in [3.8, 4) is 21.4 Å². The predicted molar refractivity (Wildman–Crippen MR) is 68.1 cm³/mol. The lowest BCUT2D eigenvalue weighted by Gasteiger charge is -2.15. The molecule has 0 saturated carbocycles. The number of aryl methyl sites for hydroxylation is 1. The van der Waals surface area contributed by atoms with Crippen molar-refractivity contribution in [1.82, 2.24) is 4.98 Å². The maximum absolute atomic E-state index is 11.0. The molecule has 5 nitrogen and oxygen atoms in total. The van der Waals surface area contributed by atoms with Gasteiger partial charge in [-0.05, 0) is 6.92 Å². The molecule has 0 spiro atoms. The van der Waals surface area contributed by atoms with Crippen molar-refractivity contribution < 1.29 is 19.4 Å². The largest absolute Gasteiger partial charge is 0.485 e. The molecule has 0 aromatic carbocycles. The molecule has 0 bridgehead atoms. The van der Waals surface area contributed by atoms with Crippen LogP contribution in [0.4, 0.5) is 0 Å². The number of fused-ring (bicyclic) bond motifs is 1. The zero-order valence-corrected chi connectivity index (χ0v) is 11.1. The first kappa shape index (κ1) is 11.5. The van der Waals surface area contributed by atoms with Gasteiger partial charge in [0.2, 0.25) is 0 Å². The van der Waals surface area contributed by atoms with Crippen LogP contribution in [0.5, 0.6) is 11.5 Å². The second-order valence-electron chi connectivity index (χ2n) is 3.69. The molecule has 2 aromatic rings. The summed E-state index contributed by atoms with van der Waals surface area (Å²) in [4.78, 5) is 16.4. The van der Waals surface area contributed by atoms with Gasteiger partial charge in [-0.1, -0.05) is 0 Å². The minimum absolute atomic E-state index is 0.267. The molecule has 3 rings (SSSR count). The van der Waals surface area contributed by atoms with Crippen molar-refractivity contribution in [3.63, 3.8) is 0 Å². The van der Waals surface area contributed by atoms with Gasteiger partial charge in [-0.2, -0.15) is 0 Å². The van der Waals surface area contributed by atoms with Crippen molar-refractivity contribution in [1.29, 1.82) is 0 Å². The lowest BCUT2D eigenvalue weighted by Crippen LogP contribution is -2.14. The highest BCUT2D eigenvalue weighted by Gasteiger charge is 2.24. The Morgan fingerprint density at radius 1 is 1.44 bits per heavy atom. The van der Waals surface area contributed by atoms with Crippen LogP contribution in [0.25, 0.3) is 9.88 Å². The molecular formula is C11H9NO4S2. The van der Waals surface area contributed by atoms with Gasteiger partial charge in [-0.25, -0.2) is 9.78 Å². The zero-order valence-electron chi connectivity index (χ0n) is 9.43. The highest BCUT2D eigenvalue weighted by molar-refractivity contribution is 7.22. The highest BCUT2D eigenvalue weighted by Crippen LogP contribution is 2.46. The second-order valence-corrected chi connectivity index (χ2v) is 5.57. The molecule has 0 fully saturated rings. The number of nitrogens with zero attached hydrogens (tertiary/aromatic N) is 1. The quantitative estimate of drug-likeness (QED) is 0.917. The van der Waals surface area contributed by atoms with Crippen LogP contribution in [0.15, 0.2) is 5.38 Å². The Morgan fingerprint density at radius 2 is 2.22 bits per heavy atom. The maximum atomic E-state index is 11.0. The fraction of sp³-hybridized carbons (Fsp3) is 0.273. The van der Waals surface area contributed by atoms with E-state index in [9.17, 15) is 4.79 Å². The summed E-state index contributed by atoms with van der Waals surface area (Å²) in [6.07, 6.45) is 0. The van der Waals surface area contributed by atoms with Gasteiger partial charge >= 0.3 is 5.97 Å². The Kier molecular flexibility index (Phi) is 2.71. The normalized spacial score (nSPS) is 13.6.